The topological polar surface area (TPSA) is 125 Å². The number of benzene rings is 1. The predicted molar refractivity (Wildman–Crippen MR) is 183 cm³/mol. The summed E-state index contributed by atoms with van der Waals surface area (Å²) in [5.41, 5.74) is -1.02. The van der Waals surface area contributed by atoms with Gasteiger partial charge in [0.25, 0.3) is 0 Å². The first-order valence-corrected chi connectivity index (χ1v) is 17.3. The molecule has 3 fully saturated rings. The van der Waals surface area contributed by atoms with E-state index in [2.05, 4.69) is 39.2 Å². The Kier molecular flexibility index (Phi) is 11.9. The van der Waals surface area contributed by atoms with Gasteiger partial charge in [0.05, 0.1) is 24.0 Å². The molecule has 1 spiro atoms. The van der Waals surface area contributed by atoms with Gasteiger partial charge < -0.3 is 29.7 Å². The van der Waals surface area contributed by atoms with Crippen molar-refractivity contribution in [1.29, 1.82) is 0 Å². The third kappa shape index (κ3) is 7.86. The maximum absolute atomic E-state index is 14.8. The largest absolute Gasteiger partial charge is 0.463 e. The molecule has 3 aliphatic heterocycles. The molecule has 0 aromatic heterocycles. The lowest BCUT2D eigenvalue weighted by Gasteiger charge is -2.45. The van der Waals surface area contributed by atoms with E-state index in [4.69, 9.17) is 9.47 Å². The Bertz CT molecular complexity index is 1340. The van der Waals surface area contributed by atoms with E-state index in [-0.39, 0.29) is 49.3 Å². The number of rotatable bonds is 17. The SMILES string of the molecule is C=CCCC(=O)OC[C@H](NC(=O)[C@@H]1[C@@H]2CC[C@]3(O2)[C@H](C(=O)N(CC=C)C(C)(C)CC(C)(C)C)N(CCCCO)C(=O)[C@@H]13)c1ccccc1. The molecule has 1 aromatic carbocycles. The molecule has 10 nitrogen and oxygen atoms in total. The van der Waals surface area contributed by atoms with Gasteiger partial charge in [0, 0.05) is 31.7 Å². The van der Waals surface area contributed by atoms with Crippen LogP contribution in [0, 0.1) is 17.3 Å². The molecule has 2 bridgehead atoms. The lowest BCUT2D eigenvalue weighted by atomic mass is 9.70. The lowest BCUT2D eigenvalue weighted by Crippen LogP contribution is -2.61. The number of hydrogen-bond acceptors (Lipinski definition) is 7. The molecule has 0 saturated carbocycles. The smallest absolute Gasteiger partial charge is 0.306 e. The Balaban J connectivity index is 1.66. The van der Waals surface area contributed by atoms with Gasteiger partial charge in [-0.3, -0.25) is 19.2 Å². The molecule has 0 unspecified atom stereocenters. The Morgan fingerprint density at radius 1 is 1.15 bits per heavy atom. The number of unbranched alkanes of at least 4 members (excludes halogenated alkanes) is 1. The number of nitrogens with one attached hydrogen (secondary N) is 1. The molecule has 0 aliphatic carbocycles. The van der Waals surface area contributed by atoms with Crippen LogP contribution in [0.5, 0.6) is 0 Å². The van der Waals surface area contributed by atoms with Gasteiger partial charge in [0.15, 0.2) is 0 Å². The standard InChI is InChI=1S/C38H55N3O7/c1-8-10-18-29(43)47-24-27(26-16-12-11-13-17-26)39-33(44)30-28-19-20-38(48-28)31(30)34(45)40(22-14-15-23-42)32(38)35(46)41(21-9-2)37(6,7)25-36(3,4)5/h8-9,11-13,16-17,27-28,30-32,42H,1-2,10,14-15,18-25H2,3-7H3,(H,39,44)/t27-,28-,30+,31+,32-,38+/m0/s1. The average molecular weight is 666 g/mol. The van der Waals surface area contributed by atoms with Crippen LogP contribution in [0.4, 0.5) is 0 Å². The minimum atomic E-state index is -1.16. The van der Waals surface area contributed by atoms with E-state index < -0.39 is 47.1 Å². The number of amides is 3. The minimum absolute atomic E-state index is 0.0287. The van der Waals surface area contributed by atoms with Crippen LogP contribution in [0.3, 0.4) is 0 Å². The number of likely N-dealkylation sites (tertiary alicyclic amines) is 1. The molecule has 1 aromatic rings. The summed E-state index contributed by atoms with van der Waals surface area (Å²) in [5.74, 6) is -2.90. The number of nitrogens with zero attached hydrogens (tertiary/aromatic N) is 2. The number of aliphatic hydroxyl groups excluding tert-OH is 1. The molecule has 0 radical (unpaired) electrons. The van der Waals surface area contributed by atoms with Gasteiger partial charge in [-0.25, -0.2) is 0 Å². The summed E-state index contributed by atoms with van der Waals surface area (Å²) in [5, 5.41) is 12.6. The van der Waals surface area contributed by atoms with E-state index in [1.807, 2.05) is 49.1 Å². The van der Waals surface area contributed by atoms with Gasteiger partial charge >= 0.3 is 5.97 Å². The number of carbonyl (C=O) groups excluding carboxylic acids is 4. The normalized spacial score (nSPS) is 25.4. The van der Waals surface area contributed by atoms with Crippen molar-refractivity contribution in [2.24, 2.45) is 17.3 Å². The van der Waals surface area contributed by atoms with E-state index in [0.717, 1.165) is 12.0 Å². The summed E-state index contributed by atoms with van der Waals surface area (Å²) in [4.78, 5) is 59.4. The maximum atomic E-state index is 14.8. The Morgan fingerprint density at radius 2 is 1.85 bits per heavy atom. The van der Waals surface area contributed by atoms with Crippen molar-refractivity contribution in [3.05, 3.63) is 61.2 Å². The van der Waals surface area contributed by atoms with Crippen LogP contribution >= 0.6 is 0 Å². The minimum Gasteiger partial charge on any atom is -0.463 e. The highest BCUT2D eigenvalue weighted by molar-refractivity contribution is 5.99. The number of fused-ring (bicyclic) bond motifs is 1. The lowest BCUT2D eigenvalue weighted by molar-refractivity contribution is -0.153. The first-order chi connectivity index (χ1) is 22.7. The van der Waals surface area contributed by atoms with Crippen molar-refractivity contribution >= 4 is 23.7 Å². The van der Waals surface area contributed by atoms with E-state index in [1.165, 1.54) is 0 Å². The van der Waals surface area contributed by atoms with Crippen LogP contribution in [-0.2, 0) is 28.7 Å². The first kappa shape index (κ1) is 37.3. The number of aliphatic hydroxyl groups is 1. The summed E-state index contributed by atoms with van der Waals surface area (Å²) >= 11 is 0. The molecule has 3 saturated heterocycles. The fourth-order valence-electron chi connectivity index (χ4n) is 8.32. The Morgan fingerprint density at radius 3 is 2.48 bits per heavy atom. The summed E-state index contributed by atoms with van der Waals surface area (Å²) < 4.78 is 12.2. The van der Waals surface area contributed by atoms with Gasteiger partial charge in [0.1, 0.15) is 18.2 Å². The zero-order valence-corrected chi connectivity index (χ0v) is 29.4. The highest BCUT2D eigenvalue weighted by Crippen LogP contribution is 2.59. The van der Waals surface area contributed by atoms with E-state index in [1.54, 1.807) is 17.1 Å². The number of ether oxygens (including phenoxy) is 2. The van der Waals surface area contributed by atoms with Gasteiger partial charge in [-0.15, -0.1) is 13.2 Å². The second kappa shape index (κ2) is 15.4. The third-order valence-electron chi connectivity index (χ3n) is 9.90. The van der Waals surface area contributed by atoms with E-state index in [9.17, 15) is 24.3 Å². The van der Waals surface area contributed by atoms with Crippen molar-refractivity contribution in [3.8, 4) is 0 Å². The van der Waals surface area contributed by atoms with E-state index in [0.29, 0.717) is 38.6 Å². The zero-order valence-electron chi connectivity index (χ0n) is 29.4. The maximum Gasteiger partial charge on any atom is 0.306 e. The van der Waals surface area contributed by atoms with Crippen molar-refractivity contribution in [1.82, 2.24) is 15.1 Å². The number of esters is 1. The molecule has 48 heavy (non-hydrogen) atoms. The summed E-state index contributed by atoms with van der Waals surface area (Å²) in [6.45, 7) is 18.5. The Hall–Kier alpha value is -3.50. The second-order valence-corrected chi connectivity index (χ2v) is 15.3. The molecular formula is C38H55N3O7. The molecule has 6 atom stereocenters. The molecule has 10 heteroatoms. The quantitative estimate of drug-likeness (QED) is 0.140. The first-order valence-electron chi connectivity index (χ1n) is 17.3. The van der Waals surface area contributed by atoms with Crippen molar-refractivity contribution in [3.63, 3.8) is 0 Å². The Labute approximate surface area is 285 Å². The van der Waals surface area contributed by atoms with Crippen LogP contribution in [0.25, 0.3) is 0 Å². The number of hydrogen-bond donors (Lipinski definition) is 2. The van der Waals surface area contributed by atoms with Gasteiger partial charge in [-0.1, -0.05) is 63.3 Å². The van der Waals surface area contributed by atoms with Crippen LogP contribution < -0.4 is 5.32 Å². The number of carbonyl (C=O) groups is 4. The highest BCUT2D eigenvalue weighted by atomic mass is 16.5. The summed E-state index contributed by atoms with van der Waals surface area (Å²) in [6, 6.07) is 7.72. The zero-order chi connectivity index (χ0) is 35.3. The van der Waals surface area contributed by atoms with Crippen molar-refractivity contribution < 1.29 is 33.8 Å². The second-order valence-electron chi connectivity index (χ2n) is 15.3. The monoisotopic (exact) mass is 665 g/mol. The molecule has 264 valence electrons. The molecule has 2 N–H and O–H groups in total. The molecular weight excluding hydrogens is 610 g/mol. The highest BCUT2D eigenvalue weighted by Gasteiger charge is 2.74. The van der Waals surface area contributed by atoms with Crippen molar-refractivity contribution in [2.45, 2.75) is 109 Å². The average Bonchev–Trinajstić information content (AvgIpc) is 3.67. The summed E-state index contributed by atoms with van der Waals surface area (Å²) in [7, 11) is 0. The van der Waals surface area contributed by atoms with Crippen LogP contribution in [0.15, 0.2) is 55.6 Å². The third-order valence-corrected chi connectivity index (χ3v) is 9.90. The molecule has 3 amide bonds. The van der Waals surface area contributed by atoms with Gasteiger partial charge in [-0.2, -0.15) is 0 Å². The van der Waals surface area contributed by atoms with Crippen LogP contribution in [0.2, 0.25) is 0 Å². The van der Waals surface area contributed by atoms with Crippen LogP contribution in [0.1, 0.15) is 91.2 Å². The van der Waals surface area contributed by atoms with Gasteiger partial charge in [0.2, 0.25) is 17.7 Å². The predicted octanol–water partition coefficient (Wildman–Crippen LogP) is 4.73. The van der Waals surface area contributed by atoms with Crippen LogP contribution in [-0.4, -0.2) is 88.2 Å². The van der Waals surface area contributed by atoms with E-state index >= 15 is 0 Å². The molecule has 4 rings (SSSR count). The molecule has 3 heterocycles. The fourth-order valence-corrected chi connectivity index (χ4v) is 8.32. The molecule has 3 aliphatic rings. The number of allylic oxidation sites excluding steroid dienone is 1. The van der Waals surface area contributed by atoms with Crippen molar-refractivity contribution in [2.75, 3.05) is 26.3 Å². The fraction of sp³-hybridized carbons (Fsp3) is 0.632. The van der Waals surface area contributed by atoms with Gasteiger partial charge in [-0.05, 0) is 63.4 Å². The summed E-state index contributed by atoms with van der Waals surface area (Å²) in [6.07, 6.45) is 6.22.